The van der Waals surface area contributed by atoms with Gasteiger partial charge in [-0.2, -0.15) is 0 Å². The van der Waals surface area contributed by atoms with Crippen LogP contribution >= 0.6 is 34.2 Å². The molecule has 0 unspecified atom stereocenters. The van der Waals surface area contributed by atoms with Crippen molar-refractivity contribution in [1.29, 1.82) is 0 Å². The Labute approximate surface area is 227 Å². The SMILES string of the molecule is COc1cc(/C=C2\C(=O)NC(=O)N(c3ccc(C)c(C)c3)C2=O)cc(I)c1OCc1ccccc1Cl. The van der Waals surface area contributed by atoms with E-state index in [-0.39, 0.29) is 12.2 Å². The van der Waals surface area contributed by atoms with Crippen molar-refractivity contribution >= 4 is 63.8 Å². The lowest BCUT2D eigenvalue weighted by Crippen LogP contribution is -2.54. The molecule has 1 aliphatic rings. The standard InChI is InChI=1S/C27H22ClIN2O5/c1-15-8-9-19(10-16(15)2)31-26(33)20(25(32)30-27(31)34)11-17-12-22(29)24(23(13-17)35-3)36-14-18-6-4-5-7-21(18)28/h4-13H,14H2,1-3H3,(H,30,32,34)/b20-11+. The first-order valence-corrected chi connectivity index (χ1v) is 12.4. The summed E-state index contributed by atoms with van der Waals surface area (Å²) in [6.07, 6.45) is 1.43. The van der Waals surface area contributed by atoms with E-state index in [1.165, 1.54) is 13.2 Å². The molecule has 184 valence electrons. The van der Waals surface area contributed by atoms with Crippen molar-refractivity contribution in [2.75, 3.05) is 12.0 Å². The van der Waals surface area contributed by atoms with Gasteiger partial charge in [0.15, 0.2) is 11.5 Å². The summed E-state index contributed by atoms with van der Waals surface area (Å²) < 4.78 is 12.2. The smallest absolute Gasteiger partial charge is 0.335 e. The van der Waals surface area contributed by atoms with Crippen molar-refractivity contribution in [1.82, 2.24) is 5.32 Å². The monoisotopic (exact) mass is 616 g/mol. The van der Waals surface area contributed by atoms with Gasteiger partial charge in [-0.05, 0) is 89.5 Å². The Bertz CT molecular complexity index is 1420. The highest BCUT2D eigenvalue weighted by Crippen LogP contribution is 2.36. The third-order valence-electron chi connectivity index (χ3n) is 5.74. The molecule has 1 N–H and O–H groups in total. The number of carbonyl (C=O) groups excluding carboxylic acids is 3. The second-order valence-electron chi connectivity index (χ2n) is 8.14. The Balaban J connectivity index is 1.66. The number of ether oxygens (including phenoxy) is 2. The topological polar surface area (TPSA) is 84.9 Å². The van der Waals surface area contributed by atoms with E-state index in [1.54, 1.807) is 30.3 Å². The number of nitrogens with zero attached hydrogens (tertiary/aromatic N) is 1. The molecular weight excluding hydrogens is 595 g/mol. The molecule has 0 spiro atoms. The molecule has 7 nitrogen and oxygen atoms in total. The first-order valence-electron chi connectivity index (χ1n) is 10.9. The van der Waals surface area contributed by atoms with Gasteiger partial charge in [0.05, 0.1) is 16.4 Å². The van der Waals surface area contributed by atoms with Gasteiger partial charge in [0.1, 0.15) is 12.2 Å². The van der Waals surface area contributed by atoms with Crippen LogP contribution in [0.25, 0.3) is 6.08 Å². The summed E-state index contributed by atoms with van der Waals surface area (Å²) in [5, 5.41) is 2.84. The Hall–Kier alpha value is -3.37. The van der Waals surface area contributed by atoms with Gasteiger partial charge in [0.25, 0.3) is 11.8 Å². The van der Waals surface area contributed by atoms with E-state index in [9.17, 15) is 14.4 Å². The summed E-state index contributed by atoms with van der Waals surface area (Å²) in [7, 11) is 1.50. The van der Waals surface area contributed by atoms with Gasteiger partial charge >= 0.3 is 6.03 Å². The van der Waals surface area contributed by atoms with Crippen LogP contribution in [0, 0.1) is 17.4 Å². The molecule has 4 rings (SSSR count). The van der Waals surface area contributed by atoms with Gasteiger partial charge in [-0.25, -0.2) is 9.69 Å². The van der Waals surface area contributed by atoms with Crippen LogP contribution in [0.15, 0.2) is 60.2 Å². The van der Waals surface area contributed by atoms with E-state index < -0.39 is 17.8 Å². The number of urea groups is 1. The lowest BCUT2D eigenvalue weighted by Gasteiger charge is -2.27. The van der Waals surface area contributed by atoms with Crippen LogP contribution < -0.4 is 19.7 Å². The number of rotatable bonds is 6. The van der Waals surface area contributed by atoms with Crippen LogP contribution in [0.5, 0.6) is 11.5 Å². The molecule has 36 heavy (non-hydrogen) atoms. The second kappa shape index (κ2) is 10.7. The van der Waals surface area contributed by atoms with Gasteiger partial charge in [-0.1, -0.05) is 35.9 Å². The molecule has 0 radical (unpaired) electrons. The van der Waals surface area contributed by atoms with E-state index in [0.29, 0.717) is 31.3 Å². The van der Waals surface area contributed by atoms with Crippen molar-refractivity contribution in [2.24, 2.45) is 0 Å². The predicted octanol–water partition coefficient (Wildman–Crippen LogP) is 5.82. The maximum atomic E-state index is 13.3. The van der Waals surface area contributed by atoms with E-state index in [0.717, 1.165) is 21.6 Å². The highest BCUT2D eigenvalue weighted by atomic mass is 127. The zero-order valence-electron chi connectivity index (χ0n) is 19.7. The summed E-state index contributed by atoms with van der Waals surface area (Å²) in [6, 6.07) is 15.2. The zero-order chi connectivity index (χ0) is 26.0. The van der Waals surface area contributed by atoms with E-state index in [2.05, 4.69) is 27.9 Å². The second-order valence-corrected chi connectivity index (χ2v) is 9.71. The molecule has 1 saturated heterocycles. The molecule has 3 aromatic rings. The Morgan fingerprint density at radius 1 is 1.03 bits per heavy atom. The minimum absolute atomic E-state index is 0.171. The molecule has 0 aromatic heterocycles. The maximum absolute atomic E-state index is 13.3. The van der Waals surface area contributed by atoms with Gasteiger partial charge in [-0.15, -0.1) is 0 Å². The Morgan fingerprint density at radius 3 is 2.47 bits per heavy atom. The van der Waals surface area contributed by atoms with E-state index in [1.807, 2.05) is 38.1 Å². The van der Waals surface area contributed by atoms with Crippen molar-refractivity contribution in [3.8, 4) is 11.5 Å². The van der Waals surface area contributed by atoms with E-state index in [4.69, 9.17) is 21.1 Å². The molecule has 1 heterocycles. The number of amides is 4. The number of hydrogen-bond acceptors (Lipinski definition) is 5. The fourth-order valence-electron chi connectivity index (χ4n) is 3.65. The number of halogens is 2. The van der Waals surface area contributed by atoms with Crippen molar-refractivity contribution in [3.05, 3.63) is 91.0 Å². The van der Waals surface area contributed by atoms with Crippen LogP contribution in [-0.4, -0.2) is 25.0 Å². The van der Waals surface area contributed by atoms with Gasteiger partial charge in [0.2, 0.25) is 0 Å². The quantitative estimate of drug-likeness (QED) is 0.215. The number of carbonyl (C=O) groups is 3. The zero-order valence-corrected chi connectivity index (χ0v) is 22.6. The molecule has 3 aromatic carbocycles. The third-order valence-corrected chi connectivity index (χ3v) is 6.91. The molecule has 1 aliphatic heterocycles. The fraction of sp³-hybridized carbons (Fsp3) is 0.148. The van der Waals surface area contributed by atoms with Crippen LogP contribution in [0.1, 0.15) is 22.3 Å². The Morgan fingerprint density at radius 2 is 1.78 bits per heavy atom. The van der Waals surface area contributed by atoms with Gasteiger partial charge in [0, 0.05) is 10.6 Å². The number of barbiturate groups is 1. The number of methoxy groups -OCH3 is 1. The summed E-state index contributed by atoms with van der Waals surface area (Å²) in [5.74, 6) is -0.545. The van der Waals surface area contributed by atoms with Gasteiger partial charge in [-0.3, -0.25) is 14.9 Å². The largest absolute Gasteiger partial charge is 0.493 e. The first-order chi connectivity index (χ1) is 17.2. The predicted molar refractivity (Wildman–Crippen MR) is 146 cm³/mol. The number of benzene rings is 3. The number of nitrogens with one attached hydrogen (secondary N) is 1. The lowest BCUT2D eigenvalue weighted by molar-refractivity contribution is -0.122. The summed E-state index contributed by atoms with van der Waals surface area (Å²) >= 11 is 8.33. The first kappa shape index (κ1) is 25.7. The average molecular weight is 617 g/mol. The summed E-state index contributed by atoms with van der Waals surface area (Å²) in [5.41, 5.74) is 3.51. The van der Waals surface area contributed by atoms with Crippen molar-refractivity contribution in [2.45, 2.75) is 20.5 Å². The van der Waals surface area contributed by atoms with Crippen molar-refractivity contribution < 1.29 is 23.9 Å². The molecule has 1 fully saturated rings. The minimum atomic E-state index is -0.791. The molecule has 0 bridgehead atoms. The number of imide groups is 2. The number of hydrogen-bond donors (Lipinski definition) is 1. The summed E-state index contributed by atoms with van der Waals surface area (Å²) in [4.78, 5) is 39.3. The van der Waals surface area contributed by atoms with Crippen LogP contribution in [0.4, 0.5) is 10.5 Å². The van der Waals surface area contributed by atoms with Crippen LogP contribution in [0.3, 0.4) is 0 Å². The lowest BCUT2D eigenvalue weighted by atomic mass is 10.0. The molecule has 4 amide bonds. The molecule has 0 aliphatic carbocycles. The highest BCUT2D eigenvalue weighted by Gasteiger charge is 2.37. The average Bonchev–Trinajstić information content (AvgIpc) is 2.83. The minimum Gasteiger partial charge on any atom is -0.493 e. The molecular formula is C27H22ClIN2O5. The number of anilines is 1. The molecule has 0 saturated carbocycles. The summed E-state index contributed by atoms with van der Waals surface area (Å²) in [6.45, 7) is 4.06. The Kier molecular flexibility index (Phi) is 7.65. The number of aryl methyl sites for hydroxylation is 2. The normalized spacial score (nSPS) is 14.8. The molecule has 9 heteroatoms. The van der Waals surface area contributed by atoms with Gasteiger partial charge < -0.3 is 9.47 Å². The molecule has 0 atom stereocenters. The third kappa shape index (κ3) is 5.24. The highest BCUT2D eigenvalue weighted by molar-refractivity contribution is 14.1. The fourth-order valence-corrected chi connectivity index (χ4v) is 4.62. The van der Waals surface area contributed by atoms with Crippen molar-refractivity contribution in [3.63, 3.8) is 0 Å². The maximum Gasteiger partial charge on any atom is 0.335 e. The van der Waals surface area contributed by atoms with Crippen LogP contribution in [-0.2, 0) is 16.2 Å². The van der Waals surface area contributed by atoms with Crippen LogP contribution in [0.2, 0.25) is 5.02 Å². The van der Waals surface area contributed by atoms with E-state index >= 15 is 0 Å².